The molecule has 0 amide bonds. The quantitative estimate of drug-likeness (QED) is 0.691. The van der Waals surface area contributed by atoms with Crippen molar-refractivity contribution in [3.05, 3.63) is 0 Å². The normalized spacial score (nSPS) is 29.4. The van der Waals surface area contributed by atoms with E-state index in [0.717, 1.165) is 25.6 Å². The molecular weight excluding hydrogens is 176 g/mol. The summed E-state index contributed by atoms with van der Waals surface area (Å²) in [7, 11) is 0. The van der Waals surface area contributed by atoms with Crippen LogP contribution in [0, 0.1) is 5.92 Å². The molecule has 84 valence electrons. The summed E-state index contributed by atoms with van der Waals surface area (Å²) < 4.78 is 0. The van der Waals surface area contributed by atoms with E-state index in [1.165, 1.54) is 25.7 Å². The Hall–Kier alpha value is -0.120. The Kier molecular flexibility index (Phi) is 5.45. The molecule has 0 aromatic heterocycles. The van der Waals surface area contributed by atoms with E-state index in [-0.39, 0.29) is 6.61 Å². The minimum absolute atomic E-state index is 0.257. The molecule has 1 aliphatic heterocycles. The number of nitrogens with two attached hydrogens (primary N) is 1. The van der Waals surface area contributed by atoms with Gasteiger partial charge in [-0.05, 0) is 18.8 Å². The molecule has 1 heterocycles. The third kappa shape index (κ3) is 3.95. The van der Waals surface area contributed by atoms with E-state index in [1.54, 1.807) is 0 Å². The first-order valence-corrected chi connectivity index (χ1v) is 5.85. The zero-order chi connectivity index (χ0) is 10.4. The zero-order valence-electron chi connectivity index (χ0n) is 9.28. The van der Waals surface area contributed by atoms with E-state index in [2.05, 4.69) is 11.8 Å². The van der Waals surface area contributed by atoms with Crippen molar-refractivity contribution in [2.45, 2.75) is 38.6 Å². The van der Waals surface area contributed by atoms with Crippen LogP contribution in [-0.4, -0.2) is 42.3 Å². The van der Waals surface area contributed by atoms with E-state index < -0.39 is 0 Å². The second kappa shape index (κ2) is 6.38. The maximum atomic E-state index is 8.88. The van der Waals surface area contributed by atoms with Crippen molar-refractivity contribution >= 4 is 0 Å². The van der Waals surface area contributed by atoms with Crippen molar-refractivity contribution < 1.29 is 5.11 Å². The lowest BCUT2D eigenvalue weighted by atomic mass is 9.90. The zero-order valence-corrected chi connectivity index (χ0v) is 9.28. The summed E-state index contributed by atoms with van der Waals surface area (Å²) in [4.78, 5) is 2.30. The van der Waals surface area contributed by atoms with Gasteiger partial charge in [-0.3, -0.25) is 4.90 Å². The van der Waals surface area contributed by atoms with Gasteiger partial charge in [-0.2, -0.15) is 0 Å². The molecule has 1 rings (SSSR count). The monoisotopic (exact) mass is 200 g/mol. The highest BCUT2D eigenvalue weighted by Crippen LogP contribution is 2.20. The fourth-order valence-electron chi connectivity index (χ4n) is 2.37. The lowest BCUT2D eigenvalue weighted by Gasteiger charge is -2.36. The number of hydrogen-bond acceptors (Lipinski definition) is 3. The molecule has 0 aliphatic carbocycles. The number of aliphatic hydroxyl groups excluding tert-OH is 1. The smallest absolute Gasteiger partial charge is 0.0558 e. The van der Waals surface area contributed by atoms with E-state index >= 15 is 0 Å². The fraction of sp³-hybridized carbons (Fsp3) is 1.00. The average molecular weight is 200 g/mol. The van der Waals surface area contributed by atoms with Crippen molar-refractivity contribution in [1.82, 2.24) is 4.90 Å². The highest BCUT2D eigenvalue weighted by Gasteiger charge is 2.23. The number of unbranched alkanes of at least 4 members (excludes halogenated alkanes) is 1. The van der Waals surface area contributed by atoms with Gasteiger partial charge < -0.3 is 10.8 Å². The Morgan fingerprint density at radius 2 is 2.21 bits per heavy atom. The number of β-amino-alcohol motifs (C(OH)–C–C–N with tert-alkyl or cyclic N) is 1. The van der Waals surface area contributed by atoms with Gasteiger partial charge in [0.15, 0.2) is 0 Å². The van der Waals surface area contributed by atoms with Crippen LogP contribution in [0.15, 0.2) is 0 Å². The summed E-state index contributed by atoms with van der Waals surface area (Å²) in [6, 6.07) is 0.317. The van der Waals surface area contributed by atoms with Crippen LogP contribution < -0.4 is 5.73 Å². The Labute approximate surface area is 87.3 Å². The summed E-state index contributed by atoms with van der Waals surface area (Å²) in [6.45, 7) is 5.37. The van der Waals surface area contributed by atoms with Crippen LogP contribution >= 0.6 is 0 Å². The molecule has 1 aliphatic rings. The van der Waals surface area contributed by atoms with Crippen molar-refractivity contribution in [1.29, 1.82) is 0 Å². The minimum Gasteiger partial charge on any atom is -0.395 e. The largest absolute Gasteiger partial charge is 0.395 e. The van der Waals surface area contributed by atoms with Gasteiger partial charge >= 0.3 is 0 Å². The van der Waals surface area contributed by atoms with Crippen LogP contribution in [0.25, 0.3) is 0 Å². The first-order valence-electron chi connectivity index (χ1n) is 5.85. The lowest BCUT2D eigenvalue weighted by molar-refractivity contribution is 0.122. The molecule has 0 bridgehead atoms. The number of rotatable bonds is 5. The van der Waals surface area contributed by atoms with E-state index in [0.29, 0.717) is 6.04 Å². The van der Waals surface area contributed by atoms with Gasteiger partial charge in [-0.15, -0.1) is 0 Å². The number of piperidine rings is 1. The van der Waals surface area contributed by atoms with Crippen LogP contribution in [0.2, 0.25) is 0 Å². The summed E-state index contributed by atoms with van der Waals surface area (Å²) >= 11 is 0. The van der Waals surface area contributed by atoms with E-state index in [1.807, 2.05) is 0 Å². The van der Waals surface area contributed by atoms with Gasteiger partial charge in [0.05, 0.1) is 6.61 Å². The van der Waals surface area contributed by atoms with E-state index in [9.17, 15) is 0 Å². The molecular formula is C11H24N2O. The van der Waals surface area contributed by atoms with E-state index in [4.69, 9.17) is 10.8 Å². The molecule has 14 heavy (non-hydrogen) atoms. The molecule has 0 saturated carbocycles. The lowest BCUT2D eigenvalue weighted by Crippen LogP contribution is -2.47. The van der Waals surface area contributed by atoms with Gasteiger partial charge in [0, 0.05) is 25.7 Å². The SMILES string of the molecule is CCCCC1CC(N)CN(CCO)C1. The second-order valence-corrected chi connectivity index (χ2v) is 4.49. The number of hydrogen-bond donors (Lipinski definition) is 2. The van der Waals surface area contributed by atoms with Crippen LogP contribution in [0.4, 0.5) is 0 Å². The topological polar surface area (TPSA) is 49.5 Å². The molecule has 1 fully saturated rings. The molecule has 0 radical (unpaired) electrons. The van der Waals surface area contributed by atoms with Crippen molar-refractivity contribution in [2.24, 2.45) is 11.7 Å². The van der Waals surface area contributed by atoms with Gasteiger partial charge in [-0.1, -0.05) is 19.8 Å². The Bertz CT molecular complexity index is 152. The third-order valence-electron chi connectivity index (χ3n) is 3.03. The molecule has 2 unspecified atom stereocenters. The predicted molar refractivity (Wildman–Crippen MR) is 59.1 cm³/mol. The van der Waals surface area contributed by atoms with Crippen molar-refractivity contribution in [3.8, 4) is 0 Å². The summed E-state index contributed by atoms with van der Waals surface area (Å²) in [5.41, 5.74) is 5.99. The first kappa shape index (κ1) is 12.0. The molecule has 0 aromatic carbocycles. The third-order valence-corrected chi connectivity index (χ3v) is 3.03. The molecule has 0 aromatic rings. The number of nitrogens with zero attached hydrogens (tertiary/aromatic N) is 1. The maximum absolute atomic E-state index is 8.88. The van der Waals surface area contributed by atoms with Crippen LogP contribution in [0.3, 0.4) is 0 Å². The molecule has 0 spiro atoms. The molecule has 3 N–H and O–H groups in total. The number of aliphatic hydroxyl groups is 1. The highest BCUT2D eigenvalue weighted by atomic mass is 16.3. The van der Waals surface area contributed by atoms with Gasteiger partial charge in [0.1, 0.15) is 0 Å². The Morgan fingerprint density at radius 3 is 2.86 bits per heavy atom. The van der Waals surface area contributed by atoms with Crippen LogP contribution in [0.1, 0.15) is 32.6 Å². The Balaban J connectivity index is 2.29. The maximum Gasteiger partial charge on any atom is 0.0558 e. The standard InChI is InChI=1S/C11H24N2O/c1-2-3-4-10-7-11(12)9-13(8-10)5-6-14/h10-11,14H,2-9,12H2,1H3. The number of likely N-dealkylation sites (tertiary alicyclic amines) is 1. The average Bonchev–Trinajstić information content (AvgIpc) is 2.14. The predicted octanol–water partition coefficient (Wildman–Crippen LogP) is 0.818. The minimum atomic E-state index is 0.257. The molecule has 3 heteroatoms. The summed E-state index contributed by atoms with van der Waals surface area (Å²) in [5.74, 6) is 0.755. The second-order valence-electron chi connectivity index (χ2n) is 4.49. The van der Waals surface area contributed by atoms with Gasteiger partial charge in [0.2, 0.25) is 0 Å². The summed E-state index contributed by atoms with van der Waals surface area (Å²) in [5, 5.41) is 8.88. The van der Waals surface area contributed by atoms with Crippen molar-refractivity contribution in [2.75, 3.05) is 26.2 Å². The van der Waals surface area contributed by atoms with Gasteiger partial charge in [-0.25, -0.2) is 0 Å². The highest BCUT2D eigenvalue weighted by molar-refractivity contribution is 4.80. The van der Waals surface area contributed by atoms with Gasteiger partial charge in [0.25, 0.3) is 0 Å². The molecule has 1 saturated heterocycles. The van der Waals surface area contributed by atoms with Crippen LogP contribution in [0.5, 0.6) is 0 Å². The molecule has 3 nitrogen and oxygen atoms in total. The first-order chi connectivity index (χ1) is 6.76. The Morgan fingerprint density at radius 1 is 1.43 bits per heavy atom. The molecule has 2 atom stereocenters. The summed E-state index contributed by atoms with van der Waals surface area (Å²) in [6.07, 6.45) is 5.05. The van der Waals surface area contributed by atoms with Crippen LogP contribution in [-0.2, 0) is 0 Å². The van der Waals surface area contributed by atoms with Crippen molar-refractivity contribution in [3.63, 3.8) is 0 Å². The fourth-order valence-corrected chi connectivity index (χ4v) is 2.37.